The standard InChI is InChI=1S/C26H21FN2O5S/c1-33-20-12-8-19(9-13-20)28-24(30)15-29-25(31)23(35-26(29)32)14-17-6-10-21(11-7-17)34-16-18-4-2-3-5-22(18)27/h2-14H,15-16H2,1H3,(H,28,30)/b23-14+. The molecule has 178 valence electrons. The van der Waals surface area contributed by atoms with E-state index < -0.39 is 23.6 Å². The Morgan fingerprint density at radius 2 is 1.69 bits per heavy atom. The monoisotopic (exact) mass is 492 g/mol. The minimum absolute atomic E-state index is 0.0868. The third-order valence-electron chi connectivity index (χ3n) is 5.08. The second kappa shape index (κ2) is 10.9. The van der Waals surface area contributed by atoms with Crippen molar-refractivity contribution in [2.45, 2.75) is 6.61 Å². The molecule has 1 aliphatic rings. The van der Waals surface area contributed by atoms with Crippen molar-refractivity contribution in [3.63, 3.8) is 0 Å². The van der Waals surface area contributed by atoms with Crippen LogP contribution in [0.15, 0.2) is 77.7 Å². The Labute approximate surface area is 205 Å². The summed E-state index contributed by atoms with van der Waals surface area (Å²) in [7, 11) is 1.54. The number of halogens is 1. The van der Waals surface area contributed by atoms with Gasteiger partial charge in [-0.2, -0.15) is 0 Å². The summed E-state index contributed by atoms with van der Waals surface area (Å²) in [5.41, 5.74) is 1.65. The SMILES string of the molecule is COc1ccc(NC(=O)CN2C(=O)S/C(=C/c3ccc(OCc4ccccc4F)cc3)C2=O)cc1. The molecule has 0 atom stereocenters. The molecule has 0 aliphatic carbocycles. The fourth-order valence-electron chi connectivity index (χ4n) is 3.24. The van der Waals surface area contributed by atoms with Gasteiger partial charge in [-0.25, -0.2) is 4.39 Å². The van der Waals surface area contributed by atoms with E-state index in [1.54, 1.807) is 72.8 Å². The maximum absolute atomic E-state index is 13.7. The Balaban J connectivity index is 1.35. The van der Waals surface area contributed by atoms with Gasteiger partial charge in [-0.15, -0.1) is 0 Å². The number of nitrogens with one attached hydrogen (secondary N) is 1. The van der Waals surface area contributed by atoms with E-state index in [1.807, 2.05) is 0 Å². The molecule has 1 aliphatic heterocycles. The molecular weight excluding hydrogens is 471 g/mol. The van der Waals surface area contributed by atoms with Gasteiger partial charge in [0.05, 0.1) is 12.0 Å². The lowest BCUT2D eigenvalue weighted by Crippen LogP contribution is -2.36. The molecule has 9 heteroatoms. The second-order valence-corrected chi connectivity index (χ2v) is 8.49. The number of carbonyl (C=O) groups is 3. The lowest BCUT2D eigenvalue weighted by molar-refractivity contribution is -0.127. The number of carbonyl (C=O) groups excluding carboxylic acids is 3. The summed E-state index contributed by atoms with van der Waals surface area (Å²) in [4.78, 5) is 38.5. The molecule has 1 heterocycles. The van der Waals surface area contributed by atoms with E-state index >= 15 is 0 Å². The summed E-state index contributed by atoms with van der Waals surface area (Å²) in [5.74, 6) is -0.185. The zero-order valence-corrected chi connectivity index (χ0v) is 19.5. The van der Waals surface area contributed by atoms with Crippen molar-refractivity contribution in [1.29, 1.82) is 0 Å². The summed E-state index contributed by atoms with van der Waals surface area (Å²) in [6.45, 7) is -0.305. The molecule has 0 bridgehead atoms. The van der Waals surface area contributed by atoms with Crippen LogP contribution in [0.25, 0.3) is 6.08 Å². The number of nitrogens with zero attached hydrogens (tertiary/aromatic N) is 1. The van der Waals surface area contributed by atoms with E-state index in [4.69, 9.17) is 9.47 Å². The first kappa shape index (κ1) is 24.0. The molecule has 3 amide bonds. The van der Waals surface area contributed by atoms with Crippen LogP contribution in [0, 0.1) is 5.82 Å². The average molecular weight is 493 g/mol. The maximum atomic E-state index is 13.7. The Morgan fingerprint density at radius 1 is 1.00 bits per heavy atom. The van der Waals surface area contributed by atoms with Crippen LogP contribution in [-0.4, -0.2) is 35.6 Å². The van der Waals surface area contributed by atoms with Gasteiger partial charge in [0.25, 0.3) is 11.1 Å². The highest BCUT2D eigenvalue weighted by molar-refractivity contribution is 8.18. The van der Waals surface area contributed by atoms with E-state index in [9.17, 15) is 18.8 Å². The number of thioether (sulfide) groups is 1. The number of anilines is 1. The number of amides is 3. The summed E-state index contributed by atoms with van der Waals surface area (Å²) >= 11 is 0.772. The predicted octanol–water partition coefficient (Wildman–Crippen LogP) is 5.09. The average Bonchev–Trinajstić information content (AvgIpc) is 3.12. The first-order valence-electron chi connectivity index (χ1n) is 10.6. The van der Waals surface area contributed by atoms with Crippen LogP contribution in [-0.2, 0) is 16.2 Å². The quantitative estimate of drug-likeness (QED) is 0.441. The molecule has 1 saturated heterocycles. The van der Waals surface area contributed by atoms with E-state index in [2.05, 4.69) is 5.32 Å². The van der Waals surface area contributed by atoms with Gasteiger partial charge in [-0.3, -0.25) is 19.3 Å². The molecule has 35 heavy (non-hydrogen) atoms. The number of hydrogen-bond acceptors (Lipinski definition) is 6. The third-order valence-corrected chi connectivity index (χ3v) is 5.99. The fraction of sp³-hybridized carbons (Fsp3) is 0.115. The van der Waals surface area contributed by atoms with Gasteiger partial charge in [0, 0.05) is 11.3 Å². The van der Waals surface area contributed by atoms with Crippen molar-refractivity contribution >= 4 is 40.6 Å². The van der Waals surface area contributed by atoms with Crippen LogP contribution in [0.5, 0.6) is 11.5 Å². The lowest BCUT2D eigenvalue weighted by atomic mass is 10.2. The number of methoxy groups -OCH3 is 1. The minimum atomic E-state index is -0.537. The highest BCUT2D eigenvalue weighted by Gasteiger charge is 2.36. The van der Waals surface area contributed by atoms with Gasteiger partial charge in [-0.05, 0) is 65.9 Å². The molecule has 7 nitrogen and oxygen atoms in total. The third kappa shape index (κ3) is 6.07. The predicted molar refractivity (Wildman–Crippen MR) is 131 cm³/mol. The molecule has 0 saturated carbocycles. The first-order valence-corrected chi connectivity index (χ1v) is 11.4. The summed E-state index contributed by atoms with van der Waals surface area (Å²) in [6, 6.07) is 19.9. The Hall–Kier alpha value is -4.11. The molecule has 0 spiro atoms. The first-order chi connectivity index (χ1) is 16.9. The van der Waals surface area contributed by atoms with Gasteiger partial charge in [0.1, 0.15) is 30.5 Å². The fourth-order valence-corrected chi connectivity index (χ4v) is 4.08. The molecule has 3 aromatic carbocycles. The zero-order chi connectivity index (χ0) is 24.8. The summed E-state index contributed by atoms with van der Waals surface area (Å²) in [5, 5.41) is 2.13. The molecule has 1 N–H and O–H groups in total. The molecule has 0 unspecified atom stereocenters. The second-order valence-electron chi connectivity index (χ2n) is 7.49. The zero-order valence-electron chi connectivity index (χ0n) is 18.7. The van der Waals surface area contributed by atoms with Crippen LogP contribution >= 0.6 is 11.8 Å². The number of ether oxygens (including phenoxy) is 2. The molecule has 0 aromatic heterocycles. The minimum Gasteiger partial charge on any atom is -0.497 e. The van der Waals surface area contributed by atoms with E-state index in [0.29, 0.717) is 28.3 Å². The van der Waals surface area contributed by atoms with Crippen LogP contribution < -0.4 is 14.8 Å². The topological polar surface area (TPSA) is 84.9 Å². The van der Waals surface area contributed by atoms with Crippen molar-refractivity contribution in [3.05, 3.63) is 94.6 Å². The molecule has 1 fully saturated rings. The van der Waals surface area contributed by atoms with Crippen LogP contribution in [0.4, 0.5) is 14.9 Å². The highest BCUT2D eigenvalue weighted by atomic mass is 32.2. The number of hydrogen-bond donors (Lipinski definition) is 1. The van der Waals surface area contributed by atoms with Crippen molar-refractivity contribution in [3.8, 4) is 11.5 Å². The normalized spacial score (nSPS) is 14.3. The van der Waals surface area contributed by atoms with Crippen LogP contribution in [0.2, 0.25) is 0 Å². The molecule has 4 rings (SSSR count). The van der Waals surface area contributed by atoms with E-state index in [0.717, 1.165) is 16.7 Å². The van der Waals surface area contributed by atoms with E-state index in [1.165, 1.54) is 13.2 Å². The lowest BCUT2D eigenvalue weighted by Gasteiger charge is -2.12. The van der Waals surface area contributed by atoms with Crippen LogP contribution in [0.3, 0.4) is 0 Å². The van der Waals surface area contributed by atoms with Gasteiger partial charge in [-0.1, -0.05) is 30.3 Å². The highest BCUT2D eigenvalue weighted by Crippen LogP contribution is 2.32. The maximum Gasteiger partial charge on any atom is 0.294 e. The van der Waals surface area contributed by atoms with Crippen molar-refractivity contribution in [2.75, 3.05) is 19.0 Å². The largest absolute Gasteiger partial charge is 0.497 e. The molecule has 3 aromatic rings. The van der Waals surface area contributed by atoms with Crippen molar-refractivity contribution < 1.29 is 28.2 Å². The number of benzene rings is 3. The summed E-state index contributed by atoms with van der Waals surface area (Å²) < 4.78 is 24.4. The Kier molecular flexibility index (Phi) is 7.47. The Bertz CT molecular complexity index is 1280. The van der Waals surface area contributed by atoms with Crippen molar-refractivity contribution in [1.82, 2.24) is 4.90 Å². The number of imide groups is 1. The van der Waals surface area contributed by atoms with Gasteiger partial charge in [0.2, 0.25) is 5.91 Å². The smallest absolute Gasteiger partial charge is 0.294 e. The number of rotatable bonds is 8. The van der Waals surface area contributed by atoms with Gasteiger partial charge in [0.15, 0.2) is 0 Å². The van der Waals surface area contributed by atoms with Gasteiger partial charge >= 0.3 is 0 Å². The van der Waals surface area contributed by atoms with Gasteiger partial charge < -0.3 is 14.8 Å². The van der Waals surface area contributed by atoms with Crippen molar-refractivity contribution in [2.24, 2.45) is 0 Å². The Morgan fingerprint density at radius 3 is 2.37 bits per heavy atom. The van der Waals surface area contributed by atoms with E-state index in [-0.39, 0.29) is 17.3 Å². The molecular formula is C26H21FN2O5S. The van der Waals surface area contributed by atoms with Crippen LogP contribution in [0.1, 0.15) is 11.1 Å². The summed E-state index contributed by atoms with van der Waals surface area (Å²) in [6.07, 6.45) is 1.58. The molecule has 0 radical (unpaired) electrons.